The SMILES string of the molecule is CC1=CN=C2C(C(=O)N(C)C(=O)N2C)C1=NCc1ccc(F)cc1. The highest BCUT2D eigenvalue weighted by Crippen LogP contribution is 2.25. The van der Waals surface area contributed by atoms with Crippen LogP contribution in [-0.4, -0.2) is 47.4 Å². The van der Waals surface area contributed by atoms with Gasteiger partial charge in [-0.05, 0) is 30.2 Å². The summed E-state index contributed by atoms with van der Waals surface area (Å²) in [6, 6.07) is 5.64. The summed E-state index contributed by atoms with van der Waals surface area (Å²) in [5.74, 6) is -0.962. The number of urea groups is 1. The van der Waals surface area contributed by atoms with Crippen molar-refractivity contribution >= 4 is 23.5 Å². The summed E-state index contributed by atoms with van der Waals surface area (Å²) >= 11 is 0. The Morgan fingerprint density at radius 2 is 1.83 bits per heavy atom. The summed E-state index contributed by atoms with van der Waals surface area (Å²) in [6.45, 7) is 2.15. The molecule has 0 radical (unpaired) electrons. The monoisotopic (exact) mass is 328 g/mol. The topological polar surface area (TPSA) is 65.3 Å². The molecule has 1 aromatic carbocycles. The van der Waals surface area contributed by atoms with Gasteiger partial charge in [-0.25, -0.2) is 14.2 Å². The number of carbonyl (C=O) groups excluding carboxylic acids is 2. The minimum atomic E-state index is -0.692. The number of benzene rings is 1. The maximum atomic E-state index is 13.0. The fraction of sp³-hybridized carbons (Fsp3) is 0.294. The fourth-order valence-corrected chi connectivity index (χ4v) is 2.75. The first-order chi connectivity index (χ1) is 11.4. The number of hydrogen-bond acceptors (Lipinski definition) is 4. The van der Waals surface area contributed by atoms with Crippen LogP contribution >= 0.6 is 0 Å². The van der Waals surface area contributed by atoms with Crippen LogP contribution in [0.1, 0.15) is 12.5 Å². The van der Waals surface area contributed by atoms with E-state index in [0.29, 0.717) is 18.1 Å². The first-order valence-corrected chi connectivity index (χ1v) is 7.49. The van der Waals surface area contributed by atoms with Gasteiger partial charge in [0.25, 0.3) is 0 Å². The molecule has 1 saturated heterocycles. The predicted molar refractivity (Wildman–Crippen MR) is 88.2 cm³/mol. The third-order valence-corrected chi connectivity index (χ3v) is 4.17. The van der Waals surface area contributed by atoms with Crippen LogP contribution in [0.2, 0.25) is 0 Å². The first-order valence-electron chi connectivity index (χ1n) is 7.49. The van der Waals surface area contributed by atoms with E-state index < -0.39 is 11.9 Å². The number of imide groups is 1. The summed E-state index contributed by atoms with van der Waals surface area (Å²) in [7, 11) is 3.03. The van der Waals surface area contributed by atoms with E-state index in [-0.39, 0.29) is 11.7 Å². The van der Waals surface area contributed by atoms with Gasteiger partial charge in [0.1, 0.15) is 17.6 Å². The van der Waals surface area contributed by atoms with E-state index in [1.165, 1.54) is 24.1 Å². The Labute approximate surface area is 139 Å². The third-order valence-electron chi connectivity index (χ3n) is 4.17. The van der Waals surface area contributed by atoms with Gasteiger partial charge in [-0.15, -0.1) is 0 Å². The molecule has 7 heteroatoms. The van der Waals surface area contributed by atoms with Crippen molar-refractivity contribution in [2.75, 3.05) is 14.1 Å². The molecule has 1 aromatic rings. The molecule has 0 saturated carbocycles. The minimum absolute atomic E-state index is 0.307. The van der Waals surface area contributed by atoms with Gasteiger partial charge in [0.05, 0.1) is 12.3 Å². The minimum Gasteiger partial charge on any atom is -0.284 e. The van der Waals surface area contributed by atoms with Gasteiger partial charge in [0, 0.05) is 20.3 Å². The van der Waals surface area contributed by atoms with Gasteiger partial charge in [-0.1, -0.05) is 12.1 Å². The smallest absolute Gasteiger partial charge is 0.284 e. The van der Waals surface area contributed by atoms with Gasteiger partial charge in [-0.2, -0.15) is 0 Å². The lowest BCUT2D eigenvalue weighted by Gasteiger charge is -2.37. The summed E-state index contributed by atoms with van der Waals surface area (Å²) in [5, 5.41) is 0. The number of hydrogen-bond donors (Lipinski definition) is 0. The molecule has 2 heterocycles. The molecule has 0 bridgehead atoms. The Kier molecular flexibility index (Phi) is 4.01. The molecule has 2 aliphatic rings. The normalized spacial score (nSPS) is 22.5. The summed E-state index contributed by atoms with van der Waals surface area (Å²) in [5.41, 5.74) is 2.19. The van der Waals surface area contributed by atoms with Crippen LogP contribution in [0.4, 0.5) is 9.18 Å². The van der Waals surface area contributed by atoms with Crippen LogP contribution in [-0.2, 0) is 11.3 Å². The number of amidine groups is 1. The second kappa shape index (κ2) is 5.99. The maximum absolute atomic E-state index is 13.0. The van der Waals surface area contributed by atoms with Crippen molar-refractivity contribution in [3.8, 4) is 0 Å². The van der Waals surface area contributed by atoms with Gasteiger partial charge in [0.2, 0.25) is 5.91 Å². The summed E-state index contributed by atoms with van der Waals surface area (Å²) in [4.78, 5) is 35.9. The second-order valence-corrected chi connectivity index (χ2v) is 5.80. The van der Waals surface area contributed by atoms with Crippen LogP contribution in [0.3, 0.4) is 0 Å². The molecular weight excluding hydrogens is 311 g/mol. The van der Waals surface area contributed by atoms with Crippen LogP contribution in [0.15, 0.2) is 46.0 Å². The summed E-state index contributed by atoms with van der Waals surface area (Å²) in [6.07, 6.45) is 1.61. The number of rotatable bonds is 2. The second-order valence-electron chi connectivity index (χ2n) is 5.80. The Bertz CT molecular complexity index is 795. The average molecular weight is 328 g/mol. The fourth-order valence-electron chi connectivity index (χ4n) is 2.75. The zero-order valence-electron chi connectivity index (χ0n) is 13.7. The van der Waals surface area contributed by atoms with E-state index in [1.807, 2.05) is 6.92 Å². The lowest BCUT2D eigenvalue weighted by atomic mass is 9.91. The van der Waals surface area contributed by atoms with Crippen molar-refractivity contribution in [3.63, 3.8) is 0 Å². The molecule has 1 fully saturated rings. The highest BCUT2D eigenvalue weighted by molar-refractivity contribution is 6.33. The highest BCUT2D eigenvalue weighted by atomic mass is 19.1. The molecule has 0 spiro atoms. The van der Waals surface area contributed by atoms with Crippen LogP contribution in [0, 0.1) is 11.7 Å². The molecule has 2 aliphatic heterocycles. The number of halogens is 1. The van der Waals surface area contributed by atoms with E-state index in [4.69, 9.17) is 0 Å². The van der Waals surface area contributed by atoms with Gasteiger partial charge in [-0.3, -0.25) is 19.6 Å². The van der Waals surface area contributed by atoms with E-state index in [0.717, 1.165) is 16.0 Å². The van der Waals surface area contributed by atoms with E-state index >= 15 is 0 Å². The zero-order valence-corrected chi connectivity index (χ0v) is 13.7. The lowest BCUT2D eigenvalue weighted by molar-refractivity contribution is -0.128. The van der Waals surface area contributed by atoms with Crippen LogP contribution in [0.5, 0.6) is 0 Å². The van der Waals surface area contributed by atoms with Gasteiger partial charge >= 0.3 is 6.03 Å². The summed E-state index contributed by atoms with van der Waals surface area (Å²) < 4.78 is 13.0. The molecule has 24 heavy (non-hydrogen) atoms. The highest BCUT2D eigenvalue weighted by Gasteiger charge is 2.44. The number of nitrogens with zero attached hydrogens (tertiary/aromatic N) is 4. The Morgan fingerprint density at radius 1 is 1.17 bits per heavy atom. The number of aliphatic imine (C=N–C) groups is 2. The Morgan fingerprint density at radius 3 is 2.50 bits per heavy atom. The maximum Gasteiger partial charge on any atom is 0.331 e. The van der Waals surface area contributed by atoms with Crippen LogP contribution in [0.25, 0.3) is 0 Å². The van der Waals surface area contributed by atoms with E-state index in [9.17, 15) is 14.0 Å². The van der Waals surface area contributed by atoms with Crippen molar-refractivity contribution in [1.82, 2.24) is 9.80 Å². The molecule has 6 nitrogen and oxygen atoms in total. The molecule has 3 rings (SSSR count). The zero-order chi connectivity index (χ0) is 17.4. The number of fused-ring (bicyclic) bond motifs is 1. The van der Waals surface area contributed by atoms with Gasteiger partial charge in [0.15, 0.2) is 0 Å². The van der Waals surface area contributed by atoms with Crippen molar-refractivity contribution in [3.05, 3.63) is 47.4 Å². The van der Waals surface area contributed by atoms with Crippen molar-refractivity contribution in [1.29, 1.82) is 0 Å². The molecule has 3 amide bonds. The van der Waals surface area contributed by atoms with Crippen molar-refractivity contribution < 1.29 is 14.0 Å². The van der Waals surface area contributed by atoms with Crippen molar-refractivity contribution in [2.45, 2.75) is 13.5 Å². The molecule has 1 unspecified atom stereocenters. The first kappa shape index (κ1) is 16.0. The Balaban J connectivity index is 1.95. The van der Waals surface area contributed by atoms with Crippen molar-refractivity contribution in [2.24, 2.45) is 15.9 Å². The number of allylic oxidation sites excluding steroid dienone is 1. The van der Waals surface area contributed by atoms with Crippen LogP contribution < -0.4 is 0 Å². The quantitative estimate of drug-likeness (QED) is 0.835. The van der Waals surface area contributed by atoms with E-state index in [1.54, 1.807) is 25.4 Å². The molecule has 1 atom stereocenters. The molecule has 0 aromatic heterocycles. The van der Waals surface area contributed by atoms with Gasteiger partial charge < -0.3 is 0 Å². The molecule has 0 N–H and O–H groups in total. The molecular formula is C17H17FN4O2. The average Bonchev–Trinajstić information content (AvgIpc) is 2.58. The largest absolute Gasteiger partial charge is 0.331 e. The van der Waals surface area contributed by atoms with E-state index in [2.05, 4.69) is 9.98 Å². The predicted octanol–water partition coefficient (Wildman–Crippen LogP) is 2.22. The molecule has 0 aliphatic carbocycles. The molecule has 124 valence electrons. The lowest BCUT2D eigenvalue weighted by Crippen LogP contribution is -2.59. The third kappa shape index (κ3) is 2.62. The number of carbonyl (C=O) groups is 2. The standard InChI is InChI=1S/C17H17FN4O2/c1-10-8-20-15-13(16(23)22(3)17(24)21(15)2)14(10)19-9-11-4-6-12(18)7-5-11/h4-8,13H,9H2,1-3H3. The Hall–Kier alpha value is -2.83. The number of amides is 3.